The Morgan fingerprint density at radius 2 is 2.45 bits per heavy atom. The SMILES string of the molecule is [2H]c1nsnc1N1CCOCC1. The van der Waals surface area contributed by atoms with Gasteiger partial charge in [0.05, 0.1) is 32.5 Å². The van der Waals surface area contributed by atoms with E-state index < -0.39 is 0 Å². The van der Waals surface area contributed by atoms with Crippen molar-refractivity contribution in [3.8, 4) is 0 Å². The minimum absolute atomic E-state index is 0.280. The van der Waals surface area contributed by atoms with Crippen LogP contribution in [0, 0.1) is 0 Å². The fraction of sp³-hybridized carbons (Fsp3) is 0.667. The van der Waals surface area contributed by atoms with E-state index in [1.807, 2.05) is 4.90 Å². The lowest BCUT2D eigenvalue weighted by atomic mass is 10.4. The van der Waals surface area contributed by atoms with Crippen molar-refractivity contribution in [1.82, 2.24) is 8.75 Å². The summed E-state index contributed by atoms with van der Waals surface area (Å²) in [5.41, 5.74) is 0. The third-order valence-corrected chi connectivity index (χ3v) is 2.05. The van der Waals surface area contributed by atoms with E-state index in [2.05, 4.69) is 8.75 Å². The van der Waals surface area contributed by atoms with Gasteiger partial charge in [-0.05, 0) is 0 Å². The second-order valence-corrected chi connectivity index (χ2v) is 2.83. The highest BCUT2D eigenvalue weighted by Crippen LogP contribution is 2.11. The Morgan fingerprint density at radius 3 is 3.09 bits per heavy atom. The number of rotatable bonds is 1. The van der Waals surface area contributed by atoms with Crippen LogP contribution in [0.5, 0.6) is 0 Å². The van der Waals surface area contributed by atoms with E-state index in [4.69, 9.17) is 6.11 Å². The van der Waals surface area contributed by atoms with Crippen molar-refractivity contribution in [3.05, 3.63) is 6.17 Å². The van der Waals surface area contributed by atoms with Crippen LogP contribution < -0.4 is 4.90 Å². The van der Waals surface area contributed by atoms with Gasteiger partial charge in [-0.3, -0.25) is 0 Å². The summed E-state index contributed by atoms with van der Waals surface area (Å²) in [6.07, 6.45) is 0.280. The van der Waals surface area contributed by atoms with E-state index in [1.165, 1.54) is 0 Å². The summed E-state index contributed by atoms with van der Waals surface area (Å²) in [7, 11) is 0. The summed E-state index contributed by atoms with van der Waals surface area (Å²) in [5.74, 6) is 0.698. The van der Waals surface area contributed by atoms with E-state index in [1.54, 1.807) is 0 Å². The molecule has 0 aromatic carbocycles. The van der Waals surface area contributed by atoms with Crippen molar-refractivity contribution in [2.24, 2.45) is 0 Å². The minimum Gasteiger partial charge on any atom is -0.378 e. The molecule has 1 aromatic rings. The number of aromatic nitrogens is 2. The van der Waals surface area contributed by atoms with Crippen molar-refractivity contribution in [2.45, 2.75) is 0 Å². The quantitative estimate of drug-likeness (QED) is 0.613. The zero-order valence-corrected chi connectivity index (χ0v) is 6.80. The Morgan fingerprint density at radius 1 is 1.64 bits per heavy atom. The molecule has 0 unspecified atom stereocenters. The predicted molar refractivity (Wildman–Crippen MR) is 42.9 cm³/mol. The molecule has 1 aromatic heterocycles. The predicted octanol–water partition coefficient (Wildman–Crippen LogP) is 0.375. The standard InChI is InChI=1S/C6H9N3OS/c1-3-10-4-2-9(1)6-5-7-11-8-6/h5H,1-4H2/i5D. The van der Waals surface area contributed by atoms with Crippen LogP contribution in [0.4, 0.5) is 5.82 Å². The second-order valence-electron chi connectivity index (χ2n) is 2.30. The van der Waals surface area contributed by atoms with E-state index in [9.17, 15) is 0 Å². The first-order valence-corrected chi connectivity index (χ1v) is 4.23. The number of morpholine rings is 1. The molecule has 1 fully saturated rings. The summed E-state index contributed by atoms with van der Waals surface area (Å²) in [6, 6.07) is 0. The summed E-state index contributed by atoms with van der Waals surface area (Å²) < 4.78 is 20.5. The van der Waals surface area contributed by atoms with Crippen molar-refractivity contribution in [3.63, 3.8) is 0 Å². The molecule has 0 spiro atoms. The maximum absolute atomic E-state index is 7.44. The van der Waals surface area contributed by atoms with E-state index in [-0.39, 0.29) is 6.17 Å². The van der Waals surface area contributed by atoms with Crippen LogP contribution in [-0.2, 0) is 4.74 Å². The maximum atomic E-state index is 7.44. The summed E-state index contributed by atoms with van der Waals surface area (Å²) in [6.45, 7) is 3.07. The highest BCUT2D eigenvalue weighted by atomic mass is 32.1. The van der Waals surface area contributed by atoms with E-state index in [0.29, 0.717) is 5.82 Å². The maximum Gasteiger partial charge on any atom is 0.162 e. The van der Waals surface area contributed by atoms with Gasteiger partial charge in [0.1, 0.15) is 0 Å². The second kappa shape index (κ2) is 3.15. The Bertz CT molecular complexity index is 261. The molecule has 0 radical (unpaired) electrons. The first-order chi connectivity index (χ1) is 5.88. The Hall–Kier alpha value is -0.680. The van der Waals surface area contributed by atoms with Crippen LogP contribution in [0.15, 0.2) is 6.17 Å². The molecule has 5 heteroatoms. The van der Waals surface area contributed by atoms with Crippen LogP contribution in [0.25, 0.3) is 0 Å². The molecular weight excluding hydrogens is 162 g/mol. The molecule has 0 bridgehead atoms. The fourth-order valence-corrected chi connectivity index (χ4v) is 1.44. The molecule has 0 atom stereocenters. The van der Waals surface area contributed by atoms with Gasteiger partial charge >= 0.3 is 0 Å². The lowest BCUT2D eigenvalue weighted by Gasteiger charge is -2.25. The number of ether oxygens (including phenoxy) is 1. The highest BCUT2D eigenvalue weighted by Gasteiger charge is 2.12. The first-order valence-electron chi connectivity index (χ1n) is 4.00. The normalized spacial score (nSPS) is 20.0. The van der Waals surface area contributed by atoms with Crippen molar-refractivity contribution in [1.29, 1.82) is 0 Å². The van der Waals surface area contributed by atoms with Gasteiger partial charge in [-0.15, -0.1) is 0 Å². The summed E-state index contributed by atoms with van der Waals surface area (Å²) in [4.78, 5) is 2.04. The number of hydrogen-bond donors (Lipinski definition) is 0. The van der Waals surface area contributed by atoms with Gasteiger partial charge in [0.25, 0.3) is 0 Å². The third kappa shape index (κ3) is 1.49. The lowest BCUT2D eigenvalue weighted by molar-refractivity contribution is 0.122. The van der Waals surface area contributed by atoms with Crippen LogP contribution >= 0.6 is 11.7 Å². The monoisotopic (exact) mass is 172 g/mol. The molecule has 0 amide bonds. The van der Waals surface area contributed by atoms with Crippen LogP contribution in [0.3, 0.4) is 0 Å². The molecule has 1 aliphatic rings. The zero-order chi connectivity index (χ0) is 8.39. The molecular formula is C6H9N3OS. The molecule has 0 aliphatic carbocycles. The Labute approximate surface area is 70.5 Å². The van der Waals surface area contributed by atoms with Crippen LogP contribution in [-0.4, -0.2) is 35.1 Å². The minimum atomic E-state index is 0.280. The molecule has 2 heterocycles. The number of nitrogens with zero attached hydrogens (tertiary/aromatic N) is 3. The molecule has 4 nitrogen and oxygen atoms in total. The fourth-order valence-electron chi connectivity index (χ4n) is 1.04. The van der Waals surface area contributed by atoms with Gasteiger partial charge < -0.3 is 9.64 Å². The number of hydrogen-bond acceptors (Lipinski definition) is 5. The smallest absolute Gasteiger partial charge is 0.162 e. The lowest BCUT2D eigenvalue weighted by Crippen LogP contribution is -2.36. The number of anilines is 1. The topological polar surface area (TPSA) is 38.2 Å². The van der Waals surface area contributed by atoms with Gasteiger partial charge in [0, 0.05) is 13.1 Å². The first kappa shape index (κ1) is 5.91. The van der Waals surface area contributed by atoms with Gasteiger partial charge in [-0.2, -0.15) is 8.75 Å². The summed E-state index contributed by atoms with van der Waals surface area (Å²) in [5, 5.41) is 0. The summed E-state index contributed by atoms with van der Waals surface area (Å²) >= 11 is 1.09. The zero-order valence-electron chi connectivity index (χ0n) is 6.99. The highest BCUT2D eigenvalue weighted by molar-refractivity contribution is 6.99. The van der Waals surface area contributed by atoms with Gasteiger partial charge in [0.15, 0.2) is 5.82 Å². The van der Waals surface area contributed by atoms with Gasteiger partial charge in [-0.1, -0.05) is 0 Å². The molecule has 2 rings (SSSR count). The Balaban J connectivity index is 2.13. The average molecular weight is 172 g/mol. The van der Waals surface area contributed by atoms with Crippen molar-refractivity contribution in [2.75, 3.05) is 31.2 Å². The molecule has 0 N–H and O–H groups in total. The molecule has 60 valence electrons. The van der Waals surface area contributed by atoms with Crippen LogP contribution in [0.2, 0.25) is 0 Å². The molecule has 1 aliphatic heterocycles. The van der Waals surface area contributed by atoms with Gasteiger partial charge in [0.2, 0.25) is 0 Å². The largest absolute Gasteiger partial charge is 0.378 e. The molecule has 1 saturated heterocycles. The third-order valence-electron chi connectivity index (χ3n) is 1.62. The van der Waals surface area contributed by atoms with Crippen molar-refractivity contribution < 1.29 is 6.11 Å². The van der Waals surface area contributed by atoms with E-state index >= 15 is 0 Å². The van der Waals surface area contributed by atoms with E-state index in [0.717, 1.165) is 38.0 Å². The van der Waals surface area contributed by atoms with Crippen LogP contribution in [0.1, 0.15) is 1.37 Å². The molecule has 0 saturated carbocycles. The van der Waals surface area contributed by atoms with Gasteiger partial charge in [-0.25, -0.2) is 0 Å². The average Bonchev–Trinajstić information content (AvgIpc) is 2.53. The Kier molecular flexibility index (Phi) is 1.69. The molecule has 11 heavy (non-hydrogen) atoms. The van der Waals surface area contributed by atoms with Crippen molar-refractivity contribution >= 4 is 17.5 Å².